The standard InChI is InChI=1S/C16H21NO2/c1-15(2,3)13-7-6-11-12(18)10-14(19)16(17(11)13)8-4-5-9-16/h6-7,10,19H,4-5,8-9H2,1-3H3. The van der Waals surface area contributed by atoms with Crippen LogP contribution in [0.4, 0.5) is 0 Å². The van der Waals surface area contributed by atoms with Gasteiger partial charge in [0, 0.05) is 17.2 Å². The van der Waals surface area contributed by atoms with Gasteiger partial charge in [0.25, 0.3) is 0 Å². The molecule has 0 radical (unpaired) electrons. The fraction of sp³-hybridized carbons (Fsp3) is 0.562. The highest BCUT2D eigenvalue weighted by Crippen LogP contribution is 2.47. The Hall–Kier alpha value is -1.51. The van der Waals surface area contributed by atoms with Gasteiger partial charge in [0.1, 0.15) is 11.3 Å². The first kappa shape index (κ1) is 12.5. The predicted molar refractivity (Wildman–Crippen MR) is 74.6 cm³/mol. The Morgan fingerprint density at radius 3 is 2.42 bits per heavy atom. The van der Waals surface area contributed by atoms with Crippen LogP contribution in [0.15, 0.2) is 24.0 Å². The third-order valence-electron chi connectivity index (χ3n) is 4.51. The number of aliphatic hydroxyl groups is 1. The fourth-order valence-electron chi connectivity index (χ4n) is 3.56. The molecule has 19 heavy (non-hydrogen) atoms. The molecule has 2 heterocycles. The summed E-state index contributed by atoms with van der Waals surface area (Å²) in [7, 11) is 0. The molecule has 1 saturated carbocycles. The summed E-state index contributed by atoms with van der Waals surface area (Å²) in [5.74, 6) is 0.176. The summed E-state index contributed by atoms with van der Waals surface area (Å²) in [6.45, 7) is 6.45. The van der Waals surface area contributed by atoms with Gasteiger partial charge in [-0.3, -0.25) is 4.79 Å². The number of aromatic nitrogens is 1. The molecule has 1 aliphatic heterocycles. The summed E-state index contributed by atoms with van der Waals surface area (Å²) < 4.78 is 2.12. The van der Waals surface area contributed by atoms with E-state index in [1.165, 1.54) is 6.08 Å². The van der Waals surface area contributed by atoms with E-state index in [0.717, 1.165) is 37.1 Å². The van der Waals surface area contributed by atoms with Gasteiger partial charge < -0.3 is 9.67 Å². The van der Waals surface area contributed by atoms with E-state index in [1.807, 2.05) is 12.1 Å². The van der Waals surface area contributed by atoms with Crippen LogP contribution >= 0.6 is 0 Å². The summed E-state index contributed by atoms with van der Waals surface area (Å²) in [5.41, 5.74) is 1.46. The van der Waals surface area contributed by atoms with Gasteiger partial charge in [0.2, 0.25) is 5.78 Å². The first-order valence-corrected chi connectivity index (χ1v) is 7.04. The lowest BCUT2D eigenvalue weighted by Gasteiger charge is -2.39. The molecule has 3 rings (SSSR count). The van der Waals surface area contributed by atoms with Gasteiger partial charge in [0.05, 0.1) is 5.69 Å². The number of rotatable bonds is 0. The number of fused-ring (bicyclic) bond motifs is 2. The van der Waals surface area contributed by atoms with Crippen LogP contribution in [0.25, 0.3) is 0 Å². The van der Waals surface area contributed by atoms with Crippen LogP contribution in [0.1, 0.15) is 62.6 Å². The third kappa shape index (κ3) is 1.60. The lowest BCUT2D eigenvalue weighted by Crippen LogP contribution is -2.41. The minimum absolute atomic E-state index is 0.0360. The Kier molecular flexibility index (Phi) is 2.47. The van der Waals surface area contributed by atoms with Gasteiger partial charge in [0.15, 0.2) is 0 Å². The Bertz CT molecular complexity index is 566. The number of hydrogen-bond donors (Lipinski definition) is 1. The van der Waals surface area contributed by atoms with E-state index in [2.05, 4.69) is 25.3 Å². The van der Waals surface area contributed by atoms with Crippen molar-refractivity contribution >= 4 is 5.78 Å². The van der Waals surface area contributed by atoms with Crippen LogP contribution in [-0.4, -0.2) is 15.5 Å². The Balaban J connectivity index is 2.28. The topological polar surface area (TPSA) is 42.2 Å². The van der Waals surface area contributed by atoms with Gasteiger partial charge in [-0.1, -0.05) is 33.6 Å². The second-order valence-corrected chi connectivity index (χ2v) is 6.82. The Morgan fingerprint density at radius 2 is 1.84 bits per heavy atom. The van der Waals surface area contributed by atoms with E-state index >= 15 is 0 Å². The molecule has 1 spiro atoms. The Labute approximate surface area is 113 Å². The largest absolute Gasteiger partial charge is 0.510 e. The zero-order chi connectivity index (χ0) is 13.8. The molecule has 0 saturated heterocycles. The summed E-state index contributed by atoms with van der Waals surface area (Å²) in [6.07, 6.45) is 5.48. The fourth-order valence-corrected chi connectivity index (χ4v) is 3.56. The van der Waals surface area contributed by atoms with Crippen molar-refractivity contribution in [3.63, 3.8) is 0 Å². The number of nitrogens with zero attached hydrogens (tertiary/aromatic N) is 1. The third-order valence-corrected chi connectivity index (χ3v) is 4.51. The molecule has 102 valence electrons. The van der Waals surface area contributed by atoms with Crippen molar-refractivity contribution < 1.29 is 9.90 Å². The van der Waals surface area contributed by atoms with Crippen molar-refractivity contribution in [2.24, 2.45) is 0 Å². The summed E-state index contributed by atoms with van der Waals surface area (Å²) in [4.78, 5) is 12.1. The predicted octanol–water partition coefficient (Wildman–Crippen LogP) is 3.69. The first-order chi connectivity index (χ1) is 8.86. The van der Waals surface area contributed by atoms with E-state index in [4.69, 9.17) is 0 Å². The smallest absolute Gasteiger partial charge is 0.205 e. The highest BCUT2D eigenvalue weighted by molar-refractivity contribution is 6.05. The van der Waals surface area contributed by atoms with Gasteiger partial charge in [-0.2, -0.15) is 0 Å². The van der Waals surface area contributed by atoms with Gasteiger partial charge in [-0.15, -0.1) is 0 Å². The number of ketones is 1. The minimum Gasteiger partial charge on any atom is -0.510 e. The van der Waals surface area contributed by atoms with Crippen molar-refractivity contribution in [1.29, 1.82) is 0 Å². The van der Waals surface area contributed by atoms with E-state index in [0.29, 0.717) is 0 Å². The van der Waals surface area contributed by atoms with Gasteiger partial charge in [-0.05, 0) is 25.0 Å². The molecule has 3 nitrogen and oxygen atoms in total. The highest BCUT2D eigenvalue weighted by atomic mass is 16.3. The van der Waals surface area contributed by atoms with Gasteiger partial charge in [-0.25, -0.2) is 0 Å². The first-order valence-electron chi connectivity index (χ1n) is 7.04. The lowest BCUT2D eigenvalue weighted by atomic mass is 9.86. The molecule has 1 aliphatic carbocycles. The van der Waals surface area contributed by atoms with Crippen molar-refractivity contribution in [3.8, 4) is 0 Å². The molecule has 2 aliphatic rings. The minimum atomic E-state index is -0.366. The van der Waals surface area contributed by atoms with Crippen molar-refractivity contribution in [1.82, 2.24) is 4.57 Å². The van der Waals surface area contributed by atoms with Gasteiger partial charge >= 0.3 is 0 Å². The molecular formula is C16H21NO2. The Morgan fingerprint density at radius 1 is 1.21 bits per heavy atom. The molecule has 0 aromatic carbocycles. The van der Waals surface area contributed by atoms with Crippen molar-refractivity contribution in [2.45, 2.75) is 57.4 Å². The zero-order valence-corrected chi connectivity index (χ0v) is 11.9. The van der Waals surface area contributed by atoms with Crippen LogP contribution in [0.3, 0.4) is 0 Å². The monoisotopic (exact) mass is 259 g/mol. The molecular weight excluding hydrogens is 238 g/mol. The zero-order valence-electron chi connectivity index (χ0n) is 11.9. The molecule has 1 fully saturated rings. The quantitative estimate of drug-likeness (QED) is 0.772. The molecule has 1 N–H and O–H groups in total. The number of aliphatic hydroxyl groups excluding tert-OH is 1. The number of carbonyl (C=O) groups is 1. The van der Waals surface area contributed by atoms with E-state index < -0.39 is 0 Å². The second kappa shape index (κ2) is 3.75. The number of hydrogen-bond acceptors (Lipinski definition) is 2. The molecule has 0 atom stereocenters. The van der Waals surface area contributed by atoms with Crippen LogP contribution in [0, 0.1) is 0 Å². The average molecular weight is 259 g/mol. The van der Waals surface area contributed by atoms with Crippen LogP contribution < -0.4 is 0 Å². The molecule has 3 heteroatoms. The van der Waals surface area contributed by atoms with Crippen LogP contribution in [-0.2, 0) is 11.0 Å². The maximum absolute atomic E-state index is 12.1. The second-order valence-electron chi connectivity index (χ2n) is 6.82. The van der Waals surface area contributed by atoms with Crippen LogP contribution in [0.2, 0.25) is 0 Å². The SMILES string of the molecule is CC(C)(C)c1ccc2n1C1(CCCC1)C(O)=CC2=O. The summed E-state index contributed by atoms with van der Waals surface area (Å²) in [5, 5.41) is 10.4. The normalized spacial score (nSPS) is 21.6. The molecule has 0 amide bonds. The van der Waals surface area contributed by atoms with E-state index in [-0.39, 0.29) is 22.5 Å². The molecule has 0 bridgehead atoms. The lowest BCUT2D eigenvalue weighted by molar-refractivity contribution is 0.0987. The van der Waals surface area contributed by atoms with Crippen molar-refractivity contribution in [3.05, 3.63) is 35.4 Å². The summed E-state index contributed by atoms with van der Waals surface area (Å²) in [6, 6.07) is 3.95. The highest BCUT2D eigenvalue weighted by Gasteiger charge is 2.46. The van der Waals surface area contributed by atoms with Crippen LogP contribution in [0.5, 0.6) is 0 Å². The molecule has 1 aromatic heterocycles. The molecule has 1 aromatic rings. The maximum atomic E-state index is 12.1. The number of allylic oxidation sites excluding steroid dienone is 2. The van der Waals surface area contributed by atoms with Crippen molar-refractivity contribution in [2.75, 3.05) is 0 Å². The maximum Gasteiger partial charge on any atom is 0.205 e. The molecule has 0 unspecified atom stereocenters. The summed E-state index contributed by atoms with van der Waals surface area (Å²) >= 11 is 0. The number of carbonyl (C=O) groups excluding carboxylic acids is 1. The van der Waals surface area contributed by atoms with E-state index in [1.54, 1.807) is 0 Å². The van der Waals surface area contributed by atoms with E-state index in [9.17, 15) is 9.90 Å². The average Bonchev–Trinajstić information content (AvgIpc) is 2.94.